The van der Waals surface area contributed by atoms with E-state index in [2.05, 4.69) is 5.92 Å². The summed E-state index contributed by atoms with van der Waals surface area (Å²) in [5.74, 6) is 2.71. The molecule has 1 aliphatic rings. The molecule has 0 saturated heterocycles. The molecule has 0 aromatic carbocycles. The lowest BCUT2D eigenvalue weighted by Crippen LogP contribution is -2.10. The molecule has 1 heterocycles. The molecule has 21 heavy (non-hydrogen) atoms. The highest BCUT2D eigenvalue weighted by molar-refractivity contribution is 5.78. The fourth-order valence-corrected chi connectivity index (χ4v) is 2.61. The predicted octanol–water partition coefficient (Wildman–Crippen LogP) is 3.64. The van der Waals surface area contributed by atoms with Crippen molar-refractivity contribution in [1.82, 2.24) is 0 Å². The number of ether oxygens (including phenoxy) is 1. The second-order valence-electron chi connectivity index (χ2n) is 5.93. The molecule has 0 aliphatic heterocycles. The van der Waals surface area contributed by atoms with Crippen molar-refractivity contribution in [3.63, 3.8) is 0 Å². The zero-order valence-electron chi connectivity index (χ0n) is 12.5. The lowest BCUT2D eigenvalue weighted by molar-refractivity contribution is -0.148. The number of allylic oxidation sites excluding steroid dienone is 2. The average Bonchev–Trinajstić information content (AvgIpc) is 2.75. The summed E-state index contributed by atoms with van der Waals surface area (Å²) < 4.78 is 23.7. The Labute approximate surface area is 124 Å². The van der Waals surface area contributed by atoms with Crippen LogP contribution >= 0.6 is 0 Å². The van der Waals surface area contributed by atoms with Gasteiger partial charge in [-0.05, 0) is 36.5 Å². The molecule has 1 fully saturated rings. The zero-order chi connectivity index (χ0) is 15.6. The normalized spacial score (nSPS) is 23.5. The van der Waals surface area contributed by atoms with Crippen LogP contribution in [-0.2, 0) is 22.6 Å². The minimum absolute atomic E-state index is 0.0705. The number of hydrogen-bond donors (Lipinski definition) is 0. The molecular formula is C17H19FO3. The van der Waals surface area contributed by atoms with Gasteiger partial charge < -0.3 is 9.15 Å². The molecule has 3 nitrogen and oxygen atoms in total. The molecule has 2 atom stereocenters. The monoisotopic (exact) mass is 290 g/mol. The van der Waals surface area contributed by atoms with Crippen LogP contribution in [0.5, 0.6) is 0 Å². The zero-order valence-corrected chi connectivity index (χ0v) is 12.5. The van der Waals surface area contributed by atoms with Gasteiger partial charge in [-0.2, -0.15) is 0 Å². The summed E-state index contributed by atoms with van der Waals surface area (Å²) in [6, 6.07) is 3.50. The lowest BCUT2D eigenvalue weighted by atomic mass is 10.1. The van der Waals surface area contributed by atoms with Gasteiger partial charge in [0.25, 0.3) is 0 Å². The summed E-state index contributed by atoms with van der Waals surface area (Å²) in [5, 5.41) is 0. The third kappa shape index (κ3) is 3.36. The number of rotatable bonds is 5. The van der Waals surface area contributed by atoms with Crippen LogP contribution in [0.4, 0.5) is 4.39 Å². The highest BCUT2D eigenvalue weighted by atomic mass is 19.1. The summed E-state index contributed by atoms with van der Waals surface area (Å²) in [7, 11) is 0. The van der Waals surface area contributed by atoms with E-state index in [0.29, 0.717) is 17.9 Å². The molecule has 1 unspecified atom stereocenters. The molecule has 0 amide bonds. The Morgan fingerprint density at radius 1 is 1.52 bits per heavy atom. The first-order chi connectivity index (χ1) is 9.86. The summed E-state index contributed by atoms with van der Waals surface area (Å²) in [5.41, 5.74) is -0.262. The van der Waals surface area contributed by atoms with Gasteiger partial charge in [0.1, 0.15) is 18.1 Å². The van der Waals surface area contributed by atoms with Crippen LogP contribution in [0.2, 0.25) is 0 Å². The van der Waals surface area contributed by atoms with E-state index in [1.54, 1.807) is 12.1 Å². The van der Waals surface area contributed by atoms with Gasteiger partial charge in [-0.25, -0.2) is 4.39 Å². The number of hydrogen-bond acceptors (Lipinski definition) is 3. The van der Waals surface area contributed by atoms with Crippen molar-refractivity contribution in [2.24, 2.45) is 17.3 Å². The van der Waals surface area contributed by atoms with Gasteiger partial charge in [0.15, 0.2) is 0 Å². The van der Waals surface area contributed by atoms with Crippen LogP contribution in [-0.4, -0.2) is 5.97 Å². The molecule has 2 rings (SSSR count). The molecule has 1 aromatic rings. The van der Waals surface area contributed by atoms with Crippen LogP contribution in [0.15, 0.2) is 28.5 Å². The van der Waals surface area contributed by atoms with Crippen molar-refractivity contribution in [2.45, 2.75) is 33.8 Å². The summed E-state index contributed by atoms with van der Waals surface area (Å²) in [6.45, 7) is 5.32. The highest BCUT2D eigenvalue weighted by Gasteiger charge is 2.61. The van der Waals surface area contributed by atoms with E-state index >= 15 is 0 Å². The maximum atomic E-state index is 13.0. The summed E-state index contributed by atoms with van der Waals surface area (Å²) >= 11 is 0. The van der Waals surface area contributed by atoms with Crippen molar-refractivity contribution in [2.75, 3.05) is 0 Å². The van der Waals surface area contributed by atoms with Crippen LogP contribution in [0.3, 0.4) is 0 Å². The minimum atomic E-state index is -0.322. The number of esters is 1. The smallest absolute Gasteiger partial charge is 0.310 e. The van der Waals surface area contributed by atoms with Crippen LogP contribution < -0.4 is 0 Å². The number of terminal acetylenes is 1. The number of furan rings is 1. The number of carbonyl (C=O) groups excluding carboxylic acids is 1. The standard InChI is InChI=1S/C17H19FO3/c1-5-6-12-7-8-13(21-12)10-20-16(19)15-14(9-11(2)18)17(15,3)4/h1,7-9,14-15H,6,10H2,2-4H3/b11-9+/t14?,15-/m0/s1. The van der Waals surface area contributed by atoms with Crippen LogP contribution in [0.25, 0.3) is 0 Å². The molecular weight excluding hydrogens is 271 g/mol. The van der Waals surface area contributed by atoms with Crippen molar-refractivity contribution < 1.29 is 18.3 Å². The van der Waals surface area contributed by atoms with Gasteiger partial charge in [-0.3, -0.25) is 4.79 Å². The van der Waals surface area contributed by atoms with Gasteiger partial charge in [0.05, 0.1) is 18.2 Å². The molecule has 112 valence electrons. The van der Waals surface area contributed by atoms with E-state index in [1.807, 2.05) is 13.8 Å². The number of halogens is 1. The third-order valence-corrected chi connectivity index (χ3v) is 3.92. The predicted molar refractivity (Wildman–Crippen MR) is 76.7 cm³/mol. The maximum Gasteiger partial charge on any atom is 0.310 e. The molecule has 0 radical (unpaired) electrons. The second-order valence-corrected chi connectivity index (χ2v) is 5.93. The Kier molecular flexibility index (Phi) is 4.22. The molecule has 1 saturated carbocycles. The fraction of sp³-hybridized carbons (Fsp3) is 0.471. The summed E-state index contributed by atoms with van der Waals surface area (Å²) in [6.07, 6.45) is 7.09. The molecule has 1 aromatic heterocycles. The SMILES string of the molecule is C#CCc1ccc(COC(=O)[C@@H]2C(/C=C(\C)F)C2(C)C)o1. The molecule has 4 heteroatoms. The van der Waals surface area contributed by atoms with E-state index in [0.717, 1.165) is 0 Å². The van der Waals surface area contributed by atoms with E-state index in [4.69, 9.17) is 15.6 Å². The fourth-order valence-electron chi connectivity index (χ4n) is 2.61. The van der Waals surface area contributed by atoms with E-state index < -0.39 is 0 Å². The quantitative estimate of drug-likeness (QED) is 0.614. The Bertz CT molecular complexity index is 600. The average molecular weight is 290 g/mol. The second kappa shape index (κ2) is 5.77. The topological polar surface area (TPSA) is 39.4 Å². The van der Waals surface area contributed by atoms with Gasteiger partial charge in [0, 0.05) is 0 Å². The number of carbonyl (C=O) groups is 1. The van der Waals surface area contributed by atoms with Crippen molar-refractivity contribution in [3.05, 3.63) is 35.6 Å². The van der Waals surface area contributed by atoms with Crippen LogP contribution in [0, 0.1) is 29.6 Å². The summed E-state index contributed by atoms with van der Waals surface area (Å²) in [4.78, 5) is 12.1. The van der Waals surface area contributed by atoms with E-state index in [9.17, 15) is 9.18 Å². The van der Waals surface area contributed by atoms with Gasteiger partial charge >= 0.3 is 5.97 Å². The Morgan fingerprint density at radius 3 is 2.81 bits per heavy atom. The van der Waals surface area contributed by atoms with Gasteiger partial charge in [-0.1, -0.05) is 19.8 Å². The maximum absolute atomic E-state index is 13.0. The molecule has 0 bridgehead atoms. The first-order valence-electron chi connectivity index (χ1n) is 6.88. The lowest BCUT2D eigenvalue weighted by Gasteiger charge is -2.03. The molecule has 1 aliphatic carbocycles. The Balaban J connectivity index is 1.91. The van der Waals surface area contributed by atoms with Gasteiger partial charge in [0.2, 0.25) is 0 Å². The van der Waals surface area contributed by atoms with Crippen molar-refractivity contribution in [3.8, 4) is 12.3 Å². The minimum Gasteiger partial charge on any atom is -0.461 e. The van der Waals surface area contributed by atoms with E-state index in [1.165, 1.54) is 13.0 Å². The van der Waals surface area contributed by atoms with Gasteiger partial charge in [-0.15, -0.1) is 6.42 Å². The molecule has 0 spiro atoms. The highest BCUT2D eigenvalue weighted by Crippen LogP contribution is 2.59. The third-order valence-electron chi connectivity index (χ3n) is 3.92. The first kappa shape index (κ1) is 15.4. The molecule has 0 N–H and O–H groups in total. The largest absolute Gasteiger partial charge is 0.461 e. The first-order valence-corrected chi connectivity index (χ1v) is 6.88. The van der Waals surface area contributed by atoms with E-state index in [-0.39, 0.29) is 35.7 Å². The Hall–Kier alpha value is -2.02. The van der Waals surface area contributed by atoms with Crippen LogP contribution in [0.1, 0.15) is 32.3 Å². The Morgan fingerprint density at radius 2 is 2.19 bits per heavy atom. The van der Waals surface area contributed by atoms with Crippen molar-refractivity contribution >= 4 is 5.97 Å². The van der Waals surface area contributed by atoms with Crippen molar-refractivity contribution in [1.29, 1.82) is 0 Å².